The summed E-state index contributed by atoms with van der Waals surface area (Å²) in [6.07, 6.45) is 2.23. The first-order valence-electron chi connectivity index (χ1n) is 9.83. The molecule has 0 atom stereocenters. The van der Waals surface area contributed by atoms with Gasteiger partial charge in [-0.3, -0.25) is 14.9 Å². The molecular weight excluding hydrogens is 492 g/mol. The summed E-state index contributed by atoms with van der Waals surface area (Å²) in [5.74, 6) is -1.43. The maximum atomic E-state index is 13.0. The van der Waals surface area contributed by atoms with E-state index >= 15 is 0 Å². The number of benzene rings is 3. The molecule has 0 bridgehead atoms. The molecular formula is C25H18BrClN2O3. The van der Waals surface area contributed by atoms with Crippen LogP contribution in [0, 0.1) is 6.92 Å². The highest BCUT2D eigenvalue weighted by Crippen LogP contribution is 2.27. The van der Waals surface area contributed by atoms with Crippen LogP contribution in [0.1, 0.15) is 22.3 Å². The van der Waals surface area contributed by atoms with Crippen LogP contribution in [0.3, 0.4) is 0 Å². The third-order valence-corrected chi connectivity index (χ3v) is 6.34. The maximum Gasteiger partial charge on any atom is 0.335 e. The third-order valence-electron chi connectivity index (χ3n) is 5.16. The number of aryl methyl sites for hydroxylation is 1. The SMILES string of the molecule is Cc1ccc(N2C(=O)NC(=O)/C(=C\c3ccc(Cc4ccccc4Br)cc3)C2=O)cc1Cl. The first kappa shape index (κ1) is 22.0. The molecule has 1 aliphatic heterocycles. The number of carbonyl (C=O) groups is 3. The second kappa shape index (κ2) is 9.10. The van der Waals surface area contributed by atoms with Gasteiger partial charge in [-0.15, -0.1) is 0 Å². The molecule has 3 aromatic rings. The standard InChI is InChI=1S/C25H18BrClN2O3/c1-15-6-11-19(14-22(15)27)29-24(31)20(23(30)28-25(29)32)13-17-9-7-16(8-10-17)12-18-4-2-3-5-21(18)26/h2-11,13-14H,12H2,1H3,(H,28,30,32)/b20-13+. The van der Waals surface area contributed by atoms with Gasteiger partial charge in [0.25, 0.3) is 11.8 Å². The number of urea groups is 1. The van der Waals surface area contributed by atoms with Gasteiger partial charge in [0, 0.05) is 9.50 Å². The average molecular weight is 510 g/mol. The fourth-order valence-electron chi connectivity index (χ4n) is 3.37. The summed E-state index contributed by atoms with van der Waals surface area (Å²) < 4.78 is 1.04. The molecule has 1 saturated heterocycles. The molecule has 5 nitrogen and oxygen atoms in total. The van der Waals surface area contributed by atoms with Crippen molar-refractivity contribution in [3.63, 3.8) is 0 Å². The lowest BCUT2D eigenvalue weighted by atomic mass is 10.0. The number of imide groups is 2. The molecule has 0 saturated carbocycles. The van der Waals surface area contributed by atoms with E-state index in [2.05, 4.69) is 21.2 Å². The number of nitrogens with zero attached hydrogens (tertiary/aromatic N) is 1. The summed E-state index contributed by atoms with van der Waals surface area (Å²) in [6.45, 7) is 1.82. The zero-order chi connectivity index (χ0) is 22.8. The van der Waals surface area contributed by atoms with E-state index in [1.165, 1.54) is 12.1 Å². The lowest BCUT2D eigenvalue weighted by Gasteiger charge is -2.26. The molecule has 0 aromatic heterocycles. The maximum absolute atomic E-state index is 13.0. The molecule has 4 amide bonds. The van der Waals surface area contributed by atoms with Crippen LogP contribution in [0.15, 0.2) is 76.8 Å². The van der Waals surface area contributed by atoms with Crippen molar-refractivity contribution in [2.75, 3.05) is 4.90 Å². The summed E-state index contributed by atoms with van der Waals surface area (Å²) in [6, 6.07) is 19.6. The molecule has 0 radical (unpaired) electrons. The molecule has 160 valence electrons. The Labute approximate surface area is 198 Å². The van der Waals surface area contributed by atoms with Crippen LogP contribution in [0.4, 0.5) is 10.5 Å². The van der Waals surface area contributed by atoms with Crippen molar-refractivity contribution in [3.05, 3.63) is 104 Å². The van der Waals surface area contributed by atoms with Crippen molar-refractivity contribution in [2.45, 2.75) is 13.3 Å². The molecule has 0 aliphatic carbocycles. The summed E-state index contributed by atoms with van der Waals surface area (Å²) >= 11 is 9.70. The van der Waals surface area contributed by atoms with E-state index in [4.69, 9.17) is 11.6 Å². The number of carbonyl (C=O) groups excluding carboxylic acids is 3. The summed E-state index contributed by atoms with van der Waals surface area (Å²) in [4.78, 5) is 38.7. The Hall–Kier alpha value is -3.22. The molecule has 0 spiro atoms. The Morgan fingerprint density at radius 3 is 2.41 bits per heavy atom. The molecule has 1 heterocycles. The minimum absolute atomic E-state index is 0.125. The Morgan fingerprint density at radius 2 is 1.72 bits per heavy atom. The lowest BCUT2D eigenvalue weighted by Crippen LogP contribution is -2.54. The Balaban J connectivity index is 1.60. The first-order valence-corrected chi connectivity index (χ1v) is 11.0. The van der Waals surface area contributed by atoms with Crippen molar-refractivity contribution >= 4 is 57.1 Å². The summed E-state index contributed by atoms with van der Waals surface area (Å²) in [5.41, 5.74) is 3.91. The molecule has 1 N–H and O–H groups in total. The number of hydrogen-bond acceptors (Lipinski definition) is 3. The zero-order valence-electron chi connectivity index (χ0n) is 17.1. The van der Waals surface area contributed by atoms with Gasteiger partial charge in [0.05, 0.1) is 5.69 Å². The molecule has 4 rings (SSSR count). The average Bonchev–Trinajstić information content (AvgIpc) is 2.76. The van der Waals surface area contributed by atoms with E-state index < -0.39 is 17.8 Å². The quantitative estimate of drug-likeness (QED) is 0.364. The van der Waals surface area contributed by atoms with E-state index in [9.17, 15) is 14.4 Å². The highest BCUT2D eigenvalue weighted by Gasteiger charge is 2.36. The highest BCUT2D eigenvalue weighted by molar-refractivity contribution is 9.10. The van der Waals surface area contributed by atoms with Gasteiger partial charge in [-0.05, 0) is 59.9 Å². The van der Waals surface area contributed by atoms with Crippen LogP contribution in [0.5, 0.6) is 0 Å². The van der Waals surface area contributed by atoms with Gasteiger partial charge in [0.15, 0.2) is 0 Å². The summed E-state index contributed by atoms with van der Waals surface area (Å²) in [5, 5.41) is 2.65. The van der Waals surface area contributed by atoms with Gasteiger partial charge in [-0.1, -0.05) is 76.1 Å². The minimum Gasteiger partial charge on any atom is -0.273 e. The van der Waals surface area contributed by atoms with Crippen LogP contribution in [0.25, 0.3) is 6.08 Å². The Bertz CT molecular complexity index is 1270. The molecule has 7 heteroatoms. The van der Waals surface area contributed by atoms with Gasteiger partial charge in [0.2, 0.25) is 0 Å². The number of hydrogen-bond donors (Lipinski definition) is 1. The van der Waals surface area contributed by atoms with Gasteiger partial charge in [-0.25, -0.2) is 9.69 Å². The number of halogens is 2. The zero-order valence-corrected chi connectivity index (χ0v) is 19.4. The number of rotatable bonds is 4. The second-order valence-electron chi connectivity index (χ2n) is 7.40. The normalized spacial score (nSPS) is 15.3. The lowest BCUT2D eigenvalue weighted by molar-refractivity contribution is -0.122. The molecule has 3 aromatic carbocycles. The predicted molar refractivity (Wildman–Crippen MR) is 129 cm³/mol. The van der Waals surface area contributed by atoms with E-state index in [1.54, 1.807) is 12.1 Å². The number of nitrogens with one attached hydrogen (secondary N) is 1. The topological polar surface area (TPSA) is 66.5 Å². The minimum atomic E-state index is -0.805. The molecule has 32 heavy (non-hydrogen) atoms. The largest absolute Gasteiger partial charge is 0.335 e. The monoisotopic (exact) mass is 508 g/mol. The van der Waals surface area contributed by atoms with Crippen molar-refractivity contribution in [1.82, 2.24) is 5.32 Å². The van der Waals surface area contributed by atoms with Crippen LogP contribution in [0.2, 0.25) is 5.02 Å². The van der Waals surface area contributed by atoms with E-state index in [1.807, 2.05) is 55.5 Å². The Kier molecular flexibility index (Phi) is 6.26. The van der Waals surface area contributed by atoms with Crippen molar-refractivity contribution in [1.29, 1.82) is 0 Å². The molecule has 1 fully saturated rings. The highest BCUT2D eigenvalue weighted by atomic mass is 79.9. The van der Waals surface area contributed by atoms with Crippen molar-refractivity contribution in [3.8, 4) is 0 Å². The molecule has 0 unspecified atom stereocenters. The van der Waals surface area contributed by atoms with Gasteiger partial charge >= 0.3 is 6.03 Å². The van der Waals surface area contributed by atoms with Crippen LogP contribution >= 0.6 is 27.5 Å². The van der Waals surface area contributed by atoms with Crippen molar-refractivity contribution in [2.24, 2.45) is 0 Å². The van der Waals surface area contributed by atoms with Gasteiger partial charge in [0.1, 0.15) is 5.57 Å². The number of anilines is 1. The molecule has 1 aliphatic rings. The number of barbiturate groups is 1. The van der Waals surface area contributed by atoms with E-state index in [-0.39, 0.29) is 5.57 Å². The van der Waals surface area contributed by atoms with Crippen LogP contribution in [-0.4, -0.2) is 17.8 Å². The van der Waals surface area contributed by atoms with Crippen LogP contribution < -0.4 is 10.2 Å². The predicted octanol–water partition coefficient (Wildman–Crippen LogP) is 5.67. The second-order valence-corrected chi connectivity index (χ2v) is 8.66. The Morgan fingerprint density at radius 1 is 1.00 bits per heavy atom. The first-order chi connectivity index (χ1) is 15.3. The van der Waals surface area contributed by atoms with Gasteiger partial charge in [-0.2, -0.15) is 0 Å². The summed E-state index contributed by atoms with van der Waals surface area (Å²) in [7, 11) is 0. The third kappa shape index (κ3) is 4.52. The van der Waals surface area contributed by atoms with E-state index in [0.29, 0.717) is 16.3 Å². The van der Waals surface area contributed by atoms with Crippen LogP contribution in [-0.2, 0) is 16.0 Å². The number of amides is 4. The smallest absolute Gasteiger partial charge is 0.273 e. The fraction of sp³-hybridized carbons (Fsp3) is 0.0800. The van der Waals surface area contributed by atoms with E-state index in [0.717, 1.165) is 32.5 Å². The van der Waals surface area contributed by atoms with Gasteiger partial charge < -0.3 is 0 Å². The fourth-order valence-corrected chi connectivity index (χ4v) is 3.97. The van der Waals surface area contributed by atoms with Crippen molar-refractivity contribution < 1.29 is 14.4 Å².